The van der Waals surface area contributed by atoms with Gasteiger partial charge in [-0.15, -0.1) is 0 Å². The van der Waals surface area contributed by atoms with Crippen LogP contribution >= 0.6 is 0 Å². The van der Waals surface area contributed by atoms with Gasteiger partial charge in [0.05, 0.1) is 13.2 Å². The van der Waals surface area contributed by atoms with Crippen molar-refractivity contribution in [2.75, 3.05) is 20.3 Å². The van der Waals surface area contributed by atoms with E-state index in [1.807, 2.05) is 36.4 Å². The molecule has 4 N–H and O–H groups in total. The summed E-state index contributed by atoms with van der Waals surface area (Å²) in [6, 6.07) is 14.6. The van der Waals surface area contributed by atoms with Gasteiger partial charge in [-0.2, -0.15) is 0 Å². The summed E-state index contributed by atoms with van der Waals surface area (Å²) in [6.45, 7) is 1.77. The molecule has 154 valence electrons. The summed E-state index contributed by atoms with van der Waals surface area (Å²) in [5, 5.41) is 10.3. The van der Waals surface area contributed by atoms with E-state index in [9.17, 15) is 4.79 Å². The fourth-order valence-corrected chi connectivity index (χ4v) is 3.22. The molecule has 0 saturated carbocycles. The smallest absolute Gasteiger partial charge is 0.254 e. The third-order valence-electron chi connectivity index (χ3n) is 4.84. The van der Waals surface area contributed by atoms with E-state index in [0.717, 1.165) is 29.7 Å². The van der Waals surface area contributed by atoms with E-state index in [4.69, 9.17) is 25.4 Å². The Morgan fingerprint density at radius 3 is 2.62 bits per heavy atom. The molecule has 1 heterocycles. The average molecular weight is 397 g/mol. The maximum Gasteiger partial charge on any atom is 0.254 e. The van der Waals surface area contributed by atoms with Crippen LogP contribution in [0, 0.1) is 5.41 Å². The summed E-state index contributed by atoms with van der Waals surface area (Å²) < 4.78 is 16.8. The second-order valence-corrected chi connectivity index (χ2v) is 6.95. The molecule has 7 heteroatoms. The molecule has 29 heavy (non-hydrogen) atoms. The number of nitrogens with two attached hydrogens (primary N) is 1. The minimum Gasteiger partial charge on any atom is -0.490 e. The van der Waals surface area contributed by atoms with Crippen LogP contribution in [0.5, 0.6) is 5.75 Å². The number of methoxy groups -OCH3 is 1. The molecule has 1 fully saturated rings. The van der Waals surface area contributed by atoms with Gasteiger partial charge in [0.25, 0.3) is 5.91 Å². The van der Waals surface area contributed by atoms with Crippen LogP contribution in [0.1, 0.15) is 35.6 Å². The first-order valence-electron chi connectivity index (χ1n) is 9.65. The third-order valence-corrected chi connectivity index (χ3v) is 4.84. The lowest BCUT2D eigenvalue weighted by Gasteiger charge is -2.24. The van der Waals surface area contributed by atoms with Gasteiger partial charge in [-0.25, -0.2) is 0 Å². The minimum absolute atomic E-state index is 0.0166. The number of carbonyl (C=O) groups is 1. The van der Waals surface area contributed by atoms with Gasteiger partial charge < -0.3 is 25.3 Å². The van der Waals surface area contributed by atoms with Crippen molar-refractivity contribution in [3.05, 3.63) is 65.2 Å². The molecule has 1 saturated heterocycles. The van der Waals surface area contributed by atoms with Crippen LogP contribution < -0.4 is 15.8 Å². The molecule has 1 amide bonds. The number of carbonyl (C=O) groups excluding carboxylic acids is 1. The van der Waals surface area contributed by atoms with Crippen molar-refractivity contribution >= 4 is 11.7 Å². The summed E-state index contributed by atoms with van der Waals surface area (Å²) >= 11 is 0. The number of amidine groups is 1. The normalized spacial score (nSPS) is 15.5. The van der Waals surface area contributed by atoms with E-state index in [1.165, 1.54) is 7.11 Å². The molecule has 0 spiro atoms. The van der Waals surface area contributed by atoms with Gasteiger partial charge in [0.2, 0.25) is 0 Å². The second-order valence-electron chi connectivity index (χ2n) is 6.95. The van der Waals surface area contributed by atoms with Crippen molar-refractivity contribution in [1.82, 2.24) is 5.32 Å². The average Bonchev–Trinajstić information content (AvgIpc) is 2.74. The predicted molar refractivity (Wildman–Crippen MR) is 110 cm³/mol. The monoisotopic (exact) mass is 397 g/mol. The number of ether oxygens (including phenoxy) is 3. The van der Waals surface area contributed by atoms with Crippen LogP contribution in [-0.2, 0) is 20.8 Å². The highest BCUT2D eigenvalue weighted by Gasteiger charge is 2.21. The minimum atomic E-state index is -0.732. The number of amides is 1. The van der Waals surface area contributed by atoms with Crippen molar-refractivity contribution in [3.8, 4) is 5.75 Å². The molecule has 0 unspecified atom stereocenters. The number of benzene rings is 2. The van der Waals surface area contributed by atoms with Crippen molar-refractivity contribution in [1.29, 1.82) is 5.41 Å². The van der Waals surface area contributed by atoms with E-state index in [1.54, 1.807) is 12.1 Å². The molecule has 2 aromatic rings. The Kier molecular flexibility index (Phi) is 7.21. The molecule has 1 atom stereocenters. The van der Waals surface area contributed by atoms with Crippen LogP contribution in [0.25, 0.3) is 0 Å². The highest BCUT2D eigenvalue weighted by atomic mass is 16.5. The Bertz CT molecular complexity index is 832. The van der Waals surface area contributed by atoms with Crippen molar-refractivity contribution in [2.24, 2.45) is 5.73 Å². The van der Waals surface area contributed by atoms with Gasteiger partial charge in [-0.05, 0) is 23.3 Å². The Morgan fingerprint density at radius 1 is 1.24 bits per heavy atom. The van der Waals surface area contributed by atoms with Gasteiger partial charge in [0, 0.05) is 32.1 Å². The van der Waals surface area contributed by atoms with E-state index in [-0.39, 0.29) is 17.8 Å². The summed E-state index contributed by atoms with van der Waals surface area (Å²) in [4.78, 5) is 12.7. The molecule has 0 radical (unpaired) electrons. The third kappa shape index (κ3) is 5.79. The van der Waals surface area contributed by atoms with E-state index in [0.29, 0.717) is 25.3 Å². The maximum atomic E-state index is 12.7. The number of nitrogens with one attached hydrogen (secondary N) is 2. The molecule has 7 nitrogen and oxygen atoms in total. The topological polar surface area (TPSA) is 107 Å². The summed E-state index contributed by atoms with van der Waals surface area (Å²) in [7, 11) is 1.51. The van der Waals surface area contributed by atoms with Gasteiger partial charge in [-0.1, -0.05) is 36.4 Å². The zero-order valence-corrected chi connectivity index (χ0v) is 16.5. The van der Waals surface area contributed by atoms with Crippen LogP contribution in [0.2, 0.25) is 0 Å². The van der Waals surface area contributed by atoms with Crippen LogP contribution in [0.4, 0.5) is 0 Å². The van der Waals surface area contributed by atoms with Gasteiger partial charge in [0.15, 0.2) is 6.10 Å². The number of nitrogen functional groups attached to an aromatic ring is 1. The van der Waals surface area contributed by atoms with E-state index in [2.05, 4.69) is 5.32 Å². The summed E-state index contributed by atoms with van der Waals surface area (Å²) in [5.41, 5.74) is 7.76. The molecule has 0 bridgehead atoms. The number of hydrogen-bond acceptors (Lipinski definition) is 5. The quantitative estimate of drug-likeness (QED) is 0.469. The predicted octanol–water partition coefficient (Wildman–Crippen LogP) is 2.53. The highest BCUT2D eigenvalue weighted by molar-refractivity contribution is 5.94. The lowest BCUT2D eigenvalue weighted by Crippen LogP contribution is -2.30. The zero-order valence-electron chi connectivity index (χ0n) is 16.5. The largest absolute Gasteiger partial charge is 0.490 e. The Morgan fingerprint density at radius 2 is 1.97 bits per heavy atom. The molecule has 0 aliphatic carbocycles. The fourth-order valence-electron chi connectivity index (χ4n) is 3.22. The van der Waals surface area contributed by atoms with E-state index < -0.39 is 6.10 Å². The highest BCUT2D eigenvalue weighted by Crippen LogP contribution is 2.24. The van der Waals surface area contributed by atoms with E-state index >= 15 is 0 Å². The zero-order chi connectivity index (χ0) is 20.6. The Labute approximate surface area is 170 Å². The lowest BCUT2D eigenvalue weighted by atomic mass is 10.1. The Balaban J connectivity index is 1.61. The first-order valence-corrected chi connectivity index (χ1v) is 9.65. The summed E-state index contributed by atoms with van der Waals surface area (Å²) in [6.07, 6.45) is 1.12. The van der Waals surface area contributed by atoms with Crippen LogP contribution in [0.3, 0.4) is 0 Å². The molecule has 1 aliphatic heterocycles. The molecule has 3 rings (SSSR count). The van der Waals surface area contributed by atoms with Crippen molar-refractivity contribution in [2.45, 2.75) is 31.6 Å². The molecule has 1 aliphatic rings. The second kappa shape index (κ2) is 10.0. The molecule has 0 aromatic heterocycles. The SMILES string of the molecule is CO[C@H](C(=O)NCc1ccc(C(=N)N)cc1)c1cccc(OC2CCOCC2)c1. The molecule has 2 aromatic carbocycles. The number of hydrogen-bond donors (Lipinski definition) is 3. The first-order chi connectivity index (χ1) is 14.1. The van der Waals surface area contributed by atoms with Crippen molar-refractivity contribution in [3.63, 3.8) is 0 Å². The Hall–Kier alpha value is -2.90. The summed E-state index contributed by atoms with van der Waals surface area (Å²) in [5.74, 6) is 0.512. The van der Waals surface area contributed by atoms with Gasteiger partial charge >= 0.3 is 0 Å². The number of rotatable bonds is 8. The van der Waals surface area contributed by atoms with Crippen LogP contribution in [-0.4, -0.2) is 38.2 Å². The maximum absolute atomic E-state index is 12.7. The lowest BCUT2D eigenvalue weighted by molar-refractivity contribution is -0.131. The van der Waals surface area contributed by atoms with Gasteiger partial charge in [-0.3, -0.25) is 10.2 Å². The standard InChI is InChI=1S/C22H27N3O4/c1-27-20(22(26)25-14-15-5-7-16(8-6-15)21(23)24)17-3-2-4-19(13-17)29-18-9-11-28-12-10-18/h2-8,13,18,20H,9-12,14H2,1H3,(H3,23,24)(H,25,26)/t20-/m0/s1. The first kappa shape index (κ1) is 20.8. The van der Waals surface area contributed by atoms with Crippen LogP contribution in [0.15, 0.2) is 48.5 Å². The van der Waals surface area contributed by atoms with Gasteiger partial charge in [0.1, 0.15) is 17.7 Å². The van der Waals surface area contributed by atoms with Crippen molar-refractivity contribution < 1.29 is 19.0 Å². The molecular weight excluding hydrogens is 370 g/mol. The fraction of sp³-hybridized carbons (Fsp3) is 0.364. The molecular formula is C22H27N3O4.